The number of aromatic nitrogens is 2. The van der Waals surface area contributed by atoms with Crippen LogP contribution < -0.4 is 10.6 Å². The Morgan fingerprint density at radius 1 is 1.30 bits per heavy atom. The van der Waals surface area contributed by atoms with Crippen LogP contribution >= 0.6 is 12.4 Å². The van der Waals surface area contributed by atoms with Gasteiger partial charge in [0.2, 0.25) is 11.8 Å². The lowest BCUT2D eigenvalue weighted by Gasteiger charge is -2.06. The van der Waals surface area contributed by atoms with Crippen LogP contribution in [0.2, 0.25) is 0 Å². The summed E-state index contributed by atoms with van der Waals surface area (Å²) in [5.41, 5.74) is 0.921. The van der Waals surface area contributed by atoms with Gasteiger partial charge in [0.25, 0.3) is 0 Å². The van der Waals surface area contributed by atoms with E-state index in [2.05, 4.69) is 20.8 Å². The van der Waals surface area contributed by atoms with E-state index < -0.39 is 0 Å². The first kappa shape index (κ1) is 16.0. The van der Waals surface area contributed by atoms with Crippen LogP contribution in [0.4, 0.5) is 5.69 Å². The third kappa shape index (κ3) is 5.27. The van der Waals surface area contributed by atoms with Gasteiger partial charge in [0.1, 0.15) is 0 Å². The van der Waals surface area contributed by atoms with Crippen molar-refractivity contribution in [2.45, 2.75) is 13.3 Å². The van der Waals surface area contributed by atoms with Gasteiger partial charge in [0.15, 0.2) is 5.82 Å². The Morgan fingerprint density at radius 3 is 2.70 bits per heavy atom. The van der Waals surface area contributed by atoms with Crippen LogP contribution in [0.25, 0.3) is 0 Å². The molecular formula is C13H17ClN4O2. The van der Waals surface area contributed by atoms with Gasteiger partial charge in [-0.3, -0.25) is 4.79 Å². The summed E-state index contributed by atoms with van der Waals surface area (Å²) in [4.78, 5) is 15.6. The van der Waals surface area contributed by atoms with Gasteiger partial charge >= 0.3 is 0 Å². The molecule has 2 aromatic rings. The molecule has 108 valence electrons. The van der Waals surface area contributed by atoms with E-state index in [-0.39, 0.29) is 24.9 Å². The second-order valence-electron chi connectivity index (χ2n) is 4.05. The molecule has 0 atom stereocenters. The Balaban J connectivity index is 0.00000200. The molecule has 0 unspecified atom stereocenters. The number of nitrogens with zero attached hydrogens (tertiary/aromatic N) is 2. The van der Waals surface area contributed by atoms with Gasteiger partial charge in [0.05, 0.1) is 6.54 Å². The molecule has 1 aromatic heterocycles. The van der Waals surface area contributed by atoms with Crippen molar-refractivity contribution in [3.8, 4) is 0 Å². The first-order valence-electron chi connectivity index (χ1n) is 6.09. The van der Waals surface area contributed by atoms with Gasteiger partial charge in [-0.15, -0.1) is 12.4 Å². The third-order valence-corrected chi connectivity index (χ3v) is 2.46. The maximum absolute atomic E-state index is 11.6. The molecule has 0 saturated carbocycles. The highest BCUT2D eigenvalue weighted by molar-refractivity contribution is 5.85. The van der Waals surface area contributed by atoms with Crippen molar-refractivity contribution in [3.05, 3.63) is 42.0 Å². The second kappa shape index (κ2) is 8.16. The number of amides is 1. The largest absolute Gasteiger partial charge is 0.376 e. The summed E-state index contributed by atoms with van der Waals surface area (Å²) in [6, 6.07) is 9.58. The lowest BCUT2D eigenvalue weighted by atomic mass is 10.3. The molecule has 2 rings (SSSR count). The molecule has 2 N–H and O–H groups in total. The van der Waals surface area contributed by atoms with Crippen molar-refractivity contribution in [2.24, 2.45) is 0 Å². The Kier molecular flexibility index (Phi) is 6.52. The predicted octanol–water partition coefficient (Wildman–Crippen LogP) is 1.57. The van der Waals surface area contributed by atoms with Crippen molar-refractivity contribution in [3.63, 3.8) is 0 Å². The zero-order valence-corrected chi connectivity index (χ0v) is 11.9. The number of anilines is 1. The fraction of sp³-hybridized carbons (Fsp3) is 0.308. The Bertz CT molecular complexity index is 530. The topological polar surface area (TPSA) is 80.0 Å². The minimum atomic E-state index is -0.0694. The number of carbonyl (C=O) groups excluding carboxylic acids is 1. The summed E-state index contributed by atoms with van der Waals surface area (Å²) in [5, 5.41) is 9.49. The zero-order chi connectivity index (χ0) is 13.5. The Morgan fingerprint density at radius 2 is 2.05 bits per heavy atom. The Labute approximate surface area is 123 Å². The van der Waals surface area contributed by atoms with Gasteiger partial charge in [-0.25, -0.2) is 0 Å². The van der Waals surface area contributed by atoms with E-state index in [0.29, 0.717) is 24.7 Å². The maximum Gasteiger partial charge on any atom is 0.239 e. The number of hydrogen-bond donors (Lipinski definition) is 2. The molecule has 1 aromatic carbocycles. The van der Waals surface area contributed by atoms with E-state index in [1.165, 1.54) is 0 Å². The number of para-hydroxylation sites is 1. The number of benzene rings is 1. The van der Waals surface area contributed by atoms with Crippen molar-refractivity contribution in [1.29, 1.82) is 0 Å². The highest BCUT2D eigenvalue weighted by Crippen LogP contribution is 2.03. The van der Waals surface area contributed by atoms with Crippen LogP contribution in [0.15, 0.2) is 34.9 Å². The molecule has 7 heteroatoms. The zero-order valence-electron chi connectivity index (χ0n) is 11.1. The van der Waals surface area contributed by atoms with Crippen LogP contribution in [0.5, 0.6) is 0 Å². The molecule has 1 heterocycles. The van der Waals surface area contributed by atoms with Gasteiger partial charge in [0, 0.05) is 18.7 Å². The summed E-state index contributed by atoms with van der Waals surface area (Å²) >= 11 is 0. The standard InChI is InChI=1S/C13H16N4O2.ClH/c1-10-16-13(19-17-10)7-8-14-12(18)9-15-11-5-3-2-4-6-11;/h2-6,15H,7-9H2,1H3,(H,14,18);1H. The predicted molar refractivity (Wildman–Crippen MR) is 77.9 cm³/mol. The van der Waals surface area contributed by atoms with E-state index in [0.717, 1.165) is 5.69 Å². The quantitative estimate of drug-likeness (QED) is 0.846. The monoisotopic (exact) mass is 296 g/mol. The third-order valence-electron chi connectivity index (χ3n) is 2.46. The van der Waals surface area contributed by atoms with Crippen LogP contribution in [0, 0.1) is 6.92 Å². The lowest BCUT2D eigenvalue weighted by molar-refractivity contribution is -0.119. The van der Waals surface area contributed by atoms with Gasteiger partial charge in [-0.2, -0.15) is 4.98 Å². The second-order valence-corrected chi connectivity index (χ2v) is 4.05. The molecule has 0 fully saturated rings. The molecule has 0 aliphatic carbocycles. The molecule has 0 saturated heterocycles. The summed E-state index contributed by atoms with van der Waals surface area (Å²) < 4.78 is 4.95. The van der Waals surface area contributed by atoms with Crippen LogP contribution in [-0.2, 0) is 11.2 Å². The molecule has 0 aliphatic heterocycles. The highest BCUT2D eigenvalue weighted by atomic mass is 35.5. The number of halogens is 1. The first-order valence-corrected chi connectivity index (χ1v) is 6.09. The molecule has 0 radical (unpaired) electrons. The van der Waals surface area contributed by atoms with E-state index in [9.17, 15) is 4.79 Å². The van der Waals surface area contributed by atoms with Gasteiger partial charge in [-0.05, 0) is 19.1 Å². The highest BCUT2D eigenvalue weighted by Gasteiger charge is 2.04. The molecule has 20 heavy (non-hydrogen) atoms. The summed E-state index contributed by atoms with van der Waals surface area (Å²) in [6.07, 6.45) is 0.540. The summed E-state index contributed by atoms with van der Waals surface area (Å²) in [6.45, 7) is 2.49. The van der Waals surface area contributed by atoms with Crippen molar-refractivity contribution in [2.75, 3.05) is 18.4 Å². The van der Waals surface area contributed by atoms with Crippen LogP contribution in [-0.4, -0.2) is 29.1 Å². The SMILES string of the molecule is Cc1noc(CCNC(=O)CNc2ccccc2)n1.Cl. The number of rotatable bonds is 6. The molecule has 0 bridgehead atoms. The number of nitrogens with one attached hydrogen (secondary N) is 2. The van der Waals surface area contributed by atoms with Crippen molar-refractivity contribution in [1.82, 2.24) is 15.5 Å². The molecule has 1 amide bonds. The molecular weight excluding hydrogens is 280 g/mol. The average Bonchev–Trinajstić information content (AvgIpc) is 2.83. The summed E-state index contributed by atoms with van der Waals surface area (Å²) in [7, 11) is 0. The number of aryl methyl sites for hydroxylation is 1. The van der Waals surface area contributed by atoms with Crippen LogP contribution in [0.3, 0.4) is 0 Å². The van der Waals surface area contributed by atoms with Gasteiger partial charge in [-0.1, -0.05) is 23.4 Å². The minimum absolute atomic E-state index is 0. The Hall–Kier alpha value is -2.08. The van der Waals surface area contributed by atoms with E-state index >= 15 is 0 Å². The fourth-order valence-corrected chi connectivity index (χ4v) is 1.55. The van der Waals surface area contributed by atoms with Crippen molar-refractivity contribution >= 4 is 24.0 Å². The fourth-order valence-electron chi connectivity index (χ4n) is 1.55. The number of hydrogen-bond acceptors (Lipinski definition) is 5. The normalized spacial score (nSPS) is 9.65. The average molecular weight is 297 g/mol. The first-order chi connectivity index (χ1) is 9.24. The maximum atomic E-state index is 11.6. The van der Waals surface area contributed by atoms with Crippen LogP contribution in [0.1, 0.15) is 11.7 Å². The van der Waals surface area contributed by atoms with E-state index in [1.807, 2.05) is 30.3 Å². The number of carbonyl (C=O) groups is 1. The summed E-state index contributed by atoms with van der Waals surface area (Å²) in [5.74, 6) is 1.07. The molecule has 0 spiro atoms. The van der Waals surface area contributed by atoms with E-state index in [1.54, 1.807) is 6.92 Å². The van der Waals surface area contributed by atoms with Crippen molar-refractivity contribution < 1.29 is 9.32 Å². The lowest BCUT2D eigenvalue weighted by Crippen LogP contribution is -2.31. The smallest absolute Gasteiger partial charge is 0.239 e. The van der Waals surface area contributed by atoms with Gasteiger partial charge < -0.3 is 15.2 Å². The molecule has 6 nitrogen and oxygen atoms in total. The van der Waals surface area contributed by atoms with E-state index in [4.69, 9.17) is 4.52 Å². The minimum Gasteiger partial charge on any atom is -0.376 e. The molecule has 0 aliphatic rings.